The molecule has 0 rings (SSSR count). The summed E-state index contributed by atoms with van der Waals surface area (Å²) in [7, 11) is -10.6. The molecule has 0 aliphatic carbocycles. The van der Waals surface area contributed by atoms with E-state index in [1.807, 2.05) is 0 Å². The summed E-state index contributed by atoms with van der Waals surface area (Å²) in [4.78, 5) is 0. The molecule has 2 N–H and O–H groups in total. The zero-order valence-electron chi connectivity index (χ0n) is 3.72. The van der Waals surface area contributed by atoms with Crippen molar-refractivity contribution in [3.63, 3.8) is 0 Å². The maximum Gasteiger partial charge on any atom is 0.397 e. The third-order valence-electron chi connectivity index (χ3n) is 0.266. The van der Waals surface area contributed by atoms with Gasteiger partial charge in [-0.2, -0.15) is 16.8 Å². The number of hydrogen-bond donors (Lipinski definition) is 2. The van der Waals surface area contributed by atoms with E-state index in [9.17, 15) is 16.8 Å². The monoisotopic (exact) mass is 217 g/mol. The molecule has 0 saturated carbocycles. The van der Waals surface area contributed by atoms with E-state index < -0.39 is 18.3 Å². The van der Waals surface area contributed by atoms with Gasteiger partial charge < -0.3 is 0 Å². The van der Waals surface area contributed by atoms with Crippen LogP contribution in [-0.4, -0.2) is 25.9 Å². The van der Waals surface area contributed by atoms with Crippen LogP contribution in [0.3, 0.4) is 0 Å². The van der Waals surface area contributed by atoms with E-state index >= 15 is 0 Å². The largest absolute Gasteiger partial charge is 0.397 e. The van der Waals surface area contributed by atoms with Crippen molar-refractivity contribution in [3.8, 4) is 0 Å². The first-order valence-electron chi connectivity index (χ1n) is 1.20. The molecule has 9 heteroatoms. The van der Waals surface area contributed by atoms with Crippen LogP contribution < -0.4 is 0 Å². The Bertz CT molecular complexity index is 223. The summed E-state index contributed by atoms with van der Waals surface area (Å²) in [6, 6.07) is 0. The molecule has 0 fully saturated rings. The molecule has 0 aromatic rings. The Hall–Kier alpha value is 0.339. The molecule has 0 amide bonds. The van der Waals surface area contributed by atoms with Gasteiger partial charge in [-0.25, -0.2) is 0 Å². The molecule has 0 aromatic heterocycles. The van der Waals surface area contributed by atoms with Gasteiger partial charge in [0.25, 0.3) is 0 Å². The molecule has 9 heavy (non-hydrogen) atoms. The quantitative estimate of drug-likeness (QED) is 0.320. The normalized spacial score (nSPS) is 12.2. The van der Waals surface area contributed by atoms with Crippen molar-refractivity contribution in [2.75, 3.05) is 0 Å². The summed E-state index contributed by atoms with van der Waals surface area (Å²) in [5.41, 5.74) is 0. The van der Waals surface area contributed by atoms with Crippen LogP contribution in [0.2, 0.25) is 0 Å². The summed E-state index contributed by atoms with van der Waals surface area (Å²) < 4.78 is 52.5. The Kier molecular flexibility index (Phi) is 3.95. The summed E-state index contributed by atoms with van der Waals surface area (Å²) in [5, 5.41) is 0. The maximum atomic E-state index is 9.37. The second-order valence-electron chi connectivity index (χ2n) is 0.855. The van der Waals surface area contributed by atoms with Crippen LogP contribution in [0.25, 0.3) is 0 Å². The van der Waals surface area contributed by atoms with Crippen molar-refractivity contribution in [2.24, 2.45) is 0 Å². The van der Waals surface area contributed by atoms with Gasteiger partial charge in [-0.15, -0.1) is 0 Å². The Morgan fingerprint density at radius 3 is 0.889 bits per heavy atom. The van der Waals surface area contributed by atoms with E-state index in [0.29, 0.717) is 0 Å². The van der Waals surface area contributed by atoms with Gasteiger partial charge >= 0.3 is 18.3 Å². The van der Waals surface area contributed by atoms with Gasteiger partial charge in [0.05, 0.1) is 0 Å². The zero-order valence-corrected chi connectivity index (χ0v) is 6.54. The minimum Gasteiger partial charge on any atom is -0.272 e. The van der Waals surface area contributed by atoms with E-state index in [0.717, 1.165) is 0 Å². The molecule has 57 valence electrons. The predicted molar refractivity (Wildman–Crippen MR) is 23.1 cm³/mol. The van der Waals surface area contributed by atoms with Gasteiger partial charge in [0.2, 0.25) is 0 Å². The molecule has 0 aliphatic heterocycles. The molecule has 6 nitrogen and oxygen atoms in total. The summed E-state index contributed by atoms with van der Waals surface area (Å²) in [6.07, 6.45) is 0. The molecule has 0 saturated heterocycles. The fourth-order valence-corrected chi connectivity index (χ4v) is 0. The minimum absolute atomic E-state index is 0. The second kappa shape index (κ2) is 2.95. The van der Waals surface area contributed by atoms with Crippen LogP contribution in [0, 0.1) is 0 Å². The smallest absolute Gasteiger partial charge is 0.272 e. The van der Waals surface area contributed by atoms with Gasteiger partial charge in [0.15, 0.2) is 0 Å². The molecule has 1 radical (unpaired) electrons. The summed E-state index contributed by atoms with van der Waals surface area (Å²) in [6.45, 7) is 0. The molecular formula is H2MnO6S2. The predicted octanol–water partition coefficient (Wildman–Crippen LogP) is -1.33. The fourth-order valence-electron chi connectivity index (χ4n) is 0. The fraction of sp³-hybridized carbons (Fsp3) is 0. The van der Waals surface area contributed by atoms with Gasteiger partial charge in [-0.3, -0.25) is 9.11 Å². The topological polar surface area (TPSA) is 109 Å². The second-order valence-corrected chi connectivity index (χ2v) is 5.09. The Morgan fingerprint density at radius 1 is 0.778 bits per heavy atom. The average molecular weight is 217 g/mol. The molecule has 0 aromatic carbocycles. The third kappa shape index (κ3) is 3.84. The summed E-state index contributed by atoms with van der Waals surface area (Å²) >= 11 is 0. The molecule has 0 spiro atoms. The first-order valence-corrected chi connectivity index (χ1v) is 4.60. The first kappa shape index (κ1) is 12.1. The Morgan fingerprint density at radius 2 is 0.889 bits per heavy atom. The molecular weight excluding hydrogens is 215 g/mol. The number of hydrogen-bond acceptors (Lipinski definition) is 4. The van der Waals surface area contributed by atoms with Crippen molar-refractivity contribution < 1.29 is 43.0 Å². The van der Waals surface area contributed by atoms with Crippen LogP contribution in [0.1, 0.15) is 0 Å². The van der Waals surface area contributed by atoms with Crippen LogP contribution in [0.4, 0.5) is 0 Å². The van der Waals surface area contributed by atoms with Gasteiger partial charge in [-0.05, 0) is 0 Å². The van der Waals surface area contributed by atoms with Crippen LogP contribution in [-0.2, 0) is 35.4 Å². The molecule has 0 aliphatic rings. The van der Waals surface area contributed by atoms with Crippen LogP contribution >= 0.6 is 0 Å². The van der Waals surface area contributed by atoms with E-state index in [2.05, 4.69) is 0 Å². The third-order valence-corrected chi connectivity index (χ3v) is 2.40. The molecule has 0 unspecified atom stereocenters. The van der Waals surface area contributed by atoms with Gasteiger partial charge in [-0.1, -0.05) is 0 Å². The Balaban J connectivity index is 0. The van der Waals surface area contributed by atoms with Crippen molar-refractivity contribution in [3.05, 3.63) is 0 Å². The average Bonchev–Trinajstić information content (AvgIpc) is 1.25. The Labute approximate surface area is 61.6 Å². The van der Waals surface area contributed by atoms with Gasteiger partial charge in [0, 0.05) is 17.1 Å². The first-order chi connectivity index (χ1) is 3.25. The molecule has 0 bridgehead atoms. The summed E-state index contributed by atoms with van der Waals surface area (Å²) in [5.74, 6) is 0. The van der Waals surface area contributed by atoms with Crippen LogP contribution in [0.15, 0.2) is 0 Å². The SMILES string of the molecule is O=S(=O)(O)S(=O)(=O)O.[Mn]. The van der Waals surface area contributed by atoms with Crippen molar-refractivity contribution in [1.29, 1.82) is 0 Å². The van der Waals surface area contributed by atoms with E-state index in [-0.39, 0.29) is 17.1 Å². The van der Waals surface area contributed by atoms with Gasteiger partial charge in [0.1, 0.15) is 0 Å². The standard InChI is InChI=1S/Mn.H2O6S2/c;1-7(2,3)8(4,5)6/h;(H,1,2,3)(H,4,5,6). The maximum absolute atomic E-state index is 9.37. The zero-order chi connectivity index (χ0) is 7.00. The van der Waals surface area contributed by atoms with E-state index in [1.54, 1.807) is 0 Å². The van der Waals surface area contributed by atoms with Crippen LogP contribution in [0.5, 0.6) is 0 Å². The van der Waals surface area contributed by atoms with Crippen molar-refractivity contribution in [1.82, 2.24) is 0 Å². The van der Waals surface area contributed by atoms with Crippen molar-refractivity contribution in [2.45, 2.75) is 0 Å². The van der Waals surface area contributed by atoms with E-state index in [4.69, 9.17) is 9.11 Å². The molecule has 0 atom stereocenters. The molecule has 0 heterocycles. The van der Waals surface area contributed by atoms with Crippen molar-refractivity contribution >= 4 is 18.3 Å². The minimum atomic E-state index is -5.31. The van der Waals surface area contributed by atoms with E-state index in [1.165, 1.54) is 0 Å². The number of rotatable bonds is 1.